The van der Waals surface area contributed by atoms with Crippen LogP contribution in [0.1, 0.15) is 18.4 Å². The minimum absolute atomic E-state index is 0.260. The van der Waals surface area contributed by atoms with Gasteiger partial charge in [-0.1, -0.05) is 0 Å². The summed E-state index contributed by atoms with van der Waals surface area (Å²) < 4.78 is 0.973. The Kier molecular flexibility index (Phi) is 3.47. The van der Waals surface area contributed by atoms with Crippen LogP contribution in [0.25, 0.3) is 0 Å². The average Bonchev–Trinajstić information content (AvgIpc) is 2.28. The summed E-state index contributed by atoms with van der Waals surface area (Å²) in [5.41, 5.74) is 7.77. The molecule has 1 fully saturated rings. The van der Waals surface area contributed by atoms with E-state index in [1.54, 1.807) is 0 Å². The first-order valence-corrected chi connectivity index (χ1v) is 6.20. The number of piperidine rings is 1. The lowest BCUT2D eigenvalue weighted by Gasteiger charge is -2.33. The molecule has 16 heavy (non-hydrogen) atoms. The quantitative estimate of drug-likeness (QED) is 0.858. The molecule has 0 aliphatic carbocycles. The first-order chi connectivity index (χ1) is 7.70. The molecule has 0 saturated carbocycles. The van der Waals surface area contributed by atoms with Crippen LogP contribution in [0.3, 0.4) is 0 Å². The van der Waals surface area contributed by atoms with Crippen molar-refractivity contribution >= 4 is 21.6 Å². The van der Waals surface area contributed by atoms with Gasteiger partial charge in [0.2, 0.25) is 0 Å². The number of anilines is 1. The van der Waals surface area contributed by atoms with Crippen LogP contribution in [-0.4, -0.2) is 19.1 Å². The third-order valence-corrected chi connectivity index (χ3v) is 3.51. The van der Waals surface area contributed by atoms with E-state index in [9.17, 15) is 0 Å². The fourth-order valence-corrected chi connectivity index (χ4v) is 2.69. The number of nitrogens with zero attached hydrogens (tertiary/aromatic N) is 2. The van der Waals surface area contributed by atoms with Gasteiger partial charge in [0.25, 0.3) is 0 Å². The molecule has 1 heterocycles. The van der Waals surface area contributed by atoms with Gasteiger partial charge >= 0.3 is 0 Å². The van der Waals surface area contributed by atoms with Crippen molar-refractivity contribution in [3.05, 3.63) is 28.2 Å². The largest absolute Gasteiger partial charge is 0.369 e. The van der Waals surface area contributed by atoms with E-state index in [-0.39, 0.29) is 6.04 Å². The minimum atomic E-state index is 0.260. The van der Waals surface area contributed by atoms with Crippen molar-refractivity contribution in [1.82, 2.24) is 0 Å². The number of halogens is 1. The number of benzene rings is 1. The predicted molar refractivity (Wildman–Crippen MR) is 68.3 cm³/mol. The van der Waals surface area contributed by atoms with Gasteiger partial charge in [-0.05, 0) is 47.0 Å². The van der Waals surface area contributed by atoms with Gasteiger partial charge in [-0.2, -0.15) is 5.26 Å². The zero-order chi connectivity index (χ0) is 11.5. The van der Waals surface area contributed by atoms with Crippen LogP contribution in [0.5, 0.6) is 0 Å². The van der Waals surface area contributed by atoms with Crippen LogP contribution in [0.2, 0.25) is 0 Å². The first kappa shape index (κ1) is 11.4. The summed E-state index contributed by atoms with van der Waals surface area (Å²) in [5, 5.41) is 8.80. The molecule has 1 aromatic carbocycles. The van der Waals surface area contributed by atoms with Gasteiger partial charge in [0, 0.05) is 23.6 Å². The molecule has 0 amide bonds. The Balaban J connectivity index is 2.23. The first-order valence-electron chi connectivity index (χ1n) is 5.41. The summed E-state index contributed by atoms with van der Waals surface area (Å²) in [6, 6.07) is 8.08. The number of nitrogens with two attached hydrogens (primary N) is 1. The van der Waals surface area contributed by atoms with Crippen LogP contribution < -0.4 is 10.6 Å². The van der Waals surface area contributed by atoms with Crippen molar-refractivity contribution in [2.24, 2.45) is 5.73 Å². The predicted octanol–water partition coefficient (Wildman–Crippen LogP) is 2.25. The fourth-order valence-electron chi connectivity index (χ4n) is 2.06. The fraction of sp³-hybridized carbons (Fsp3) is 0.417. The van der Waals surface area contributed by atoms with Crippen molar-refractivity contribution in [1.29, 1.82) is 5.26 Å². The van der Waals surface area contributed by atoms with Crippen molar-refractivity contribution in [3.63, 3.8) is 0 Å². The highest BCUT2D eigenvalue weighted by atomic mass is 79.9. The Morgan fingerprint density at radius 2 is 2.31 bits per heavy atom. The summed E-state index contributed by atoms with van der Waals surface area (Å²) >= 11 is 3.51. The molecule has 2 N–H and O–H groups in total. The highest BCUT2D eigenvalue weighted by Crippen LogP contribution is 2.29. The SMILES string of the molecule is N#Cc1ccc(N2CCCC(N)C2)c(Br)c1. The molecule has 1 aliphatic rings. The second-order valence-corrected chi connectivity index (χ2v) is 4.98. The van der Waals surface area contributed by atoms with Gasteiger partial charge < -0.3 is 10.6 Å². The Bertz CT molecular complexity index is 425. The highest BCUT2D eigenvalue weighted by molar-refractivity contribution is 9.10. The molecule has 3 nitrogen and oxygen atoms in total. The molecule has 1 atom stereocenters. The molecule has 0 aromatic heterocycles. The third kappa shape index (κ3) is 2.37. The number of hydrogen-bond acceptors (Lipinski definition) is 3. The Morgan fingerprint density at radius 1 is 1.50 bits per heavy atom. The van der Waals surface area contributed by atoms with Crippen molar-refractivity contribution < 1.29 is 0 Å². The average molecular weight is 280 g/mol. The monoisotopic (exact) mass is 279 g/mol. The van der Waals surface area contributed by atoms with E-state index in [0.29, 0.717) is 5.56 Å². The van der Waals surface area contributed by atoms with Crippen LogP contribution in [-0.2, 0) is 0 Å². The summed E-state index contributed by atoms with van der Waals surface area (Å²) in [4.78, 5) is 2.28. The Labute approximate surface area is 104 Å². The maximum absolute atomic E-state index is 8.80. The summed E-state index contributed by atoms with van der Waals surface area (Å²) in [5.74, 6) is 0. The van der Waals surface area contributed by atoms with E-state index in [2.05, 4.69) is 26.9 Å². The molecule has 2 rings (SSSR count). The second-order valence-electron chi connectivity index (χ2n) is 4.13. The van der Waals surface area contributed by atoms with Gasteiger partial charge in [-0.15, -0.1) is 0 Å². The smallest absolute Gasteiger partial charge is 0.0992 e. The molecule has 4 heteroatoms. The lowest BCUT2D eigenvalue weighted by atomic mass is 10.1. The highest BCUT2D eigenvalue weighted by Gasteiger charge is 2.18. The molecule has 1 aromatic rings. The van der Waals surface area contributed by atoms with E-state index in [0.717, 1.165) is 36.1 Å². The van der Waals surface area contributed by atoms with E-state index >= 15 is 0 Å². The Morgan fingerprint density at radius 3 is 2.94 bits per heavy atom. The zero-order valence-electron chi connectivity index (χ0n) is 8.99. The van der Waals surface area contributed by atoms with Gasteiger partial charge in [0.05, 0.1) is 17.3 Å². The van der Waals surface area contributed by atoms with Gasteiger partial charge in [0.1, 0.15) is 0 Å². The standard InChI is InChI=1S/C12H14BrN3/c13-11-6-9(7-14)3-4-12(11)16-5-1-2-10(15)8-16/h3-4,6,10H,1-2,5,8,15H2. The summed E-state index contributed by atoms with van der Waals surface area (Å²) in [6.07, 6.45) is 2.23. The lowest BCUT2D eigenvalue weighted by molar-refractivity contribution is 0.506. The van der Waals surface area contributed by atoms with Crippen molar-refractivity contribution in [3.8, 4) is 6.07 Å². The summed E-state index contributed by atoms with van der Waals surface area (Å²) in [6.45, 7) is 1.93. The van der Waals surface area contributed by atoms with Gasteiger partial charge in [-0.25, -0.2) is 0 Å². The Hall–Kier alpha value is -1.05. The number of rotatable bonds is 1. The van der Waals surface area contributed by atoms with Crippen LogP contribution in [0.15, 0.2) is 22.7 Å². The maximum atomic E-state index is 8.80. The molecule has 0 bridgehead atoms. The van der Waals surface area contributed by atoms with Crippen LogP contribution in [0, 0.1) is 11.3 Å². The molecule has 1 aliphatic heterocycles. The molecular formula is C12H14BrN3. The van der Waals surface area contributed by atoms with Gasteiger partial charge in [0.15, 0.2) is 0 Å². The van der Waals surface area contributed by atoms with Crippen molar-refractivity contribution in [2.75, 3.05) is 18.0 Å². The van der Waals surface area contributed by atoms with Crippen LogP contribution in [0.4, 0.5) is 5.69 Å². The molecule has 1 unspecified atom stereocenters. The molecule has 0 spiro atoms. The molecular weight excluding hydrogens is 266 g/mol. The van der Waals surface area contributed by atoms with Crippen molar-refractivity contribution in [2.45, 2.75) is 18.9 Å². The lowest BCUT2D eigenvalue weighted by Crippen LogP contribution is -2.42. The second kappa shape index (κ2) is 4.86. The molecule has 1 saturated heterocycles. The third-order valence-electron chi connectivity index (χ3n) is 2.88. The van der Waals surface area contributed by atoms with Gasteiger partial charge in [-0.3, -0.25) is 0 Å². The van der Waals surface area contributed by atoms with E-state index in [1.165, 1.54) is 0 Å². The number of nitriles is 1. The minimum Gasteiger partial charge on any atom is -0.369 e. The van der Waals surface area contributed by atoms with E-state index in [1.807, 2.05) is 18.2 Å². The summed E-state index contributed by atoms with van der Waals surface area (Å²) in [7, 11) is 0. The zero-order valence-corrected chi connectivity index (χ0v) is 10.6. The van der Waals surface area contributed by atoms with E-state index < -0.39 is 0 Å². The topological polar surface area (TPSA) is 53.0 Å². The van der Waals surface area contributed by atoms with E-state index in [4.69, 9.17) is 11.0 Å². The normalized spacial score (nSPS) is 20.6. The molecule has 0 radical (unpaired) electrons. The maximum Gasteiger partial charge on any atom is 0.0992 e. The molecule has 84 valence electrons. The van der Waals surface area contributed by atoms with Crippen LogP contribution >= 0.6 is 15.9 Å². The number of hydrogen-bond donors (Lipinski definition) is 1.